The quantitative estimate of drug-likeness (QED) is 0.837. The third kappa shape index (κ3) is 4.21. The van der Waals surface area contributed by atoms with Crippen LogP contribution in [0.5, 0.6) is 0 Å². The van der Waals surface area contributed by atoms with Crippen LogP contribution < -0.4 is 11.1 Å². The van der Waals surface area contributed by atoms with E-state index in [9.17, 15) is 9.18 Å². The largest absolute Gasteiger partial charge is 0.325 e. The lowest BCUT2D eigenvalue weighted by molar-refractivity contribution is -0.117. The number of nitrogens with zero attached hydrogens (tertiary/aromatic N) is 1. The lowest BCUT2D eigenvalue weighted by Gasteiger charge is -2.17. The van der Waals surface area contributed by atoms with Gasteiger partial charge in [-0.05, 0) is 32.0 Å². The Morgan fingerprint density at radius 1 is 1.59 bits per heavy atom. The molecule has 0 spiro atoms. The number of rotatable bonds is 3. The molecule has 0 saturated heterocycles. The van der Waals surface area contributed by atoms with Crippen molar-refractivity contribution in [2.75, 3.05) is 5.32 Å². The highest BCUT2D eigenvalue weighted by Crippen LogP contribution is 2.16. The molecular weight excluding hydrogens is 221 g/mol. The zero-order valence-corrected chi connectivity index (χ0v) is 9.75. The Hall–Kier alpha value is -1.93. The third-order valence-corrected chi connectivity index (χ3v) is 1.99. The zero-order valence-electron chi connectivity index (χ0n) is 9.75. The van der Waals surface area contributed by atoms with Crippen LogP contribution in [0.2, 0.25) is 0 Å². The topological polar surface area (TPSA) is 78.9 Å². The molecule has 0 aromatic heterocycles. The summed E-state index contributed by atoms with van der Waals surface area (Å²) in [5, 5.41) is 11.0. The molecule has 1 aromatic carbocycles. The van der Waals surface area contributed by atoms with Crippen molar-refractivity contribution in [3.05, 3.63) is 29.6 Å². The fraction of sp³-hybridized carbons (Fsp3) is 0.333. The number of halogens is 1. The van der Waals surface area contributed by atoms with Gasteiger partial charge in [0.25, 0.3) is 0 Å². The Kier molecular flexibility index (Phi) is 3.81. The first-order valence-corrected chi connectivity index (χ1v) is 5.10. The van der Waals surface area contributed by atoms with E-state index in [0.717, 1.165) is 6.07 Å². The van der Waals surface area contributed by atoms with Crippen LogP contribution in [0.4, 0.5) is 10.1 Å². The minimum atomic E-state index is -0.646. The summed E-state index contributed by atoms with van der Waals surface area (Å²) in [5.41, 5.74) is 5.29. The highest BCUT2D eigenvalue weighted by molar-refractivity contribution is 5.91. The Morgan fingerprint density at radius 2 is 2.24 bits per heavy atom. The van der Waals surface area contributed by atoms with Gasteiger partial charge in [0.2, 0.25) is 5.91 Å². The molecule has 17 heavy (non-hydrogen) atoms. The Morgan fingerprint density at radius 3 is 2.71 bits per heavy atom. The minimum Gasteiger partial charge on any atom is -0.325 e. The first-order valence-electron chi connectivity index (χ1n) is 5.10. The average Bonchev–Trinajstić information content (AvgIpc) is 2.18. The molecule has 1 aromatic rings. The zero-order chi connectivity index (χ0) is 13.1. The predicted molar refractivity (Wildman–Crippen MR) is 62.6 cm³/mol. The average molecular weight is 235 g/mol. The van der Waals surface area contributed by atoms with E-state index in [1.54, 1.807) is 13.8 Å². The highest BCUT2D eigenvalue weighted by Gasteiger charge is 2.17. The summed E-state index contributed by atoms with van der Waals surface area (Å²) in [5.74, 6) is -0.992. The van der Waals surface area contributed by atoms with Crippen LogP contribution in [0.25, 0.3) is 0 Å². The molecule has 0 aliphatic rings. The first-order chi connectivity index (χ1) is 7.81. The van der Waals surface area contributed by atoms with Crippen LogP contribution >= 0.6 is 0 Å². The van der Waals surface area contributed by atoms with Crippen molar-refractivity contribution in [2.24, 2.45) is 5.73 Å². The number of hydrogen-bond acceptors (Lipinski definition) is 3. The standard InChI is InChI=1S/C12H14FN3O/c1-12(2,15)6-11(17)16-10-4-3-8(7-14)5-9(10)13/h3-5H,6,15H2,1-2H3,(H,16,17). The SMILES string of the molecule is CC(C)(N)CC(=O)Nc1ccc(C#N)cc1F. The van der Waals surface area contributed by atoms with E-state index >= 15 is 0 Å². The monoisotopic (exact) mass is 235 g/mol. The second kappa shape index (κ2) is 4.93. The van der Waals surface area contributed by atoms with Gasteiger partial charge in [0, 0.05) is 12.0 Å². The molecule has 0 radical (unpaired) electrons. The molecule has 1 rings (SSSR count). The second-order valence-electron chi connectivity index (χ2n) is 4.52. The number of nitrogens with one attached hydrogen (secondary N) is 1. The van der Waals surface area contributed by atoms with Gasteiger partial charge in [-0.2, -0.15) is 5.26 Å². The van der Waals surface area contributed by atoms with Gasteiger partial charge in [-0.3, -0.25) is 4.79 Å². The molecule has 0 aliphatic heterocycles. The number of nitrogens with two attached hydrogens (primary N) is 1. The molecule has 4 nitrogen and oxygen atoms in total. The van der Waals surface area contributed by atoms with Crippen LogP contribution in [0.1, 0.15) is 25.8 Å². The molecule has 0 saturated carbocycles. The van der Waals surface area contributed by atoms with Crippen molar-refractivity contribution >= 4 is 11.6 Å². The minimum absolute atomic E-state index is 0.0539. The van der Waals surface area contributed by atoms with E-state index in [1.807, 2.05) is 6.07 Å². The summed E-state index contributed by atoms with van der Waals surface area (Å²) in [7, 11) is 0. The molecule has 0 atom stereocenters. The van der Waals surface area contributed by atoms with Gasteiger partial charge in [0.1, 0.15) is 5.82 Å². The fourth-order valence-corrected chi connectivity index (χ4v) is 1.29. The maximum Gasteiger partial charge on any atom is 0.226 e. The van der Waals surface area contributed by atoms with Crippen molar-refractivity contribution in [1.82, 2.24) is 0 Å². The molecule has 5 heteroatoms. The molecule has 0 unspecified atom stereocenters. The summed E-state index contributed by atoms with van der Waals surface area (Å²) in [6, 6.07) is 5.68. The lowest BCUT2D eigenvalue weighted by atomic mass is 10.0. The predicted octanol–water partition coefficient (Wildman–Crippen LogP) is 1.76. The third-order valence-electron chi connectivity index (χ3n) is 1.99. The van der Waals surface area contributed by atoms with E-state index in [2.05, 4.69) is 5.32 Å². The summed E-state index contributed by atoms with van der Waals surface area (Å²) >= 11 is 0. The second-order valence-corrected chi connectivity index (χ2v) is 4.52. The van der Waals surface area contributed by atoms with Gasteiger partial charge < -0.3 is 11.1 Å². The van der Waals surface area contributed by atoms with Gasteiger partial charge in [0.15, 0.2) is 0 Å². The summed E-state index contributed by atoms with van der Waals surface area (Å²) in [6.45, 7) is 3.42. The van der Waals surface area contributed by atoms with Crippen molar-refractivity contribution in [3.63, 3.8) is 0 Å². The van der Waals surface area contributed by atoms with Gasteiger partial charge >= 0.3 is 0 Å². The number of benzene rings is 1. The van der Waals surface area contributed by atoms with E-state index < -0.39 is 11.4 Å². The number of hydrogen-bond donors (Lipinski definition) is 2. The molecule has 0 aliphatic carbocycles. The maximum atomic E-state index is 13.4. The van der Waals surface area contributed by atoms with Crippen molar-refractivity contribution in [2.45, 2.75) is 25.8 Å². The van der Waals surface area contributed by atoms with E-state index in [1.165, 1.54) is 12.1 Å². The number of amides is 1. The number of nitriles is 1. The molecule has 0 fully saturated rings. The number of carbonyl (C=O) groups is 1. The van der Waals surface area contributed by atoms with Crippen molar-refractivity contribution in [3.8, 4) is 6.07 Å². The van der Waals surface area contributed by atoms with Gasteiger partial charge in [-0.1, -0.05) is 0 Å². The molecule has 0 heterocycles. The number of anilines is 1. The summed E-state index contributed by atoms with van der Waals surface area (Å²) < 4.78 is 13.4. The van der Waals surface area contributed by atoms with Crippen LogP contribution in [0, 0.1) is 17.1 Å². The highest BCUT2D eigenvalue weighted by atomic mass is 19.1. The Balaban J connectivity index is 2.76. The Bertz CT molecular complexity index is 472. The fourth-order valence-electron chi connectivity index (χ4n) is 1.29. The van der Waals surface area contributed by atoms with E-state index in [-0.39, 0.29) is 23.6 Å². The van der Waals surface area contributed by atoms with Crippen LogP contribution in [-0.4, -0.2) is 11.4 Å². The van der Waals surface area contributed by atoms with E-state index in [0.29, 0.717) is 0 Å². The van der Waals surface area contributed by atoms with Crippen LogP contribution in [-0.2, 0) is 4.79 Å². The maximum absolute atomic E-state index is 13.4. The number of carbonyl (C=O) groups excluding carboxylic acids is 1. The first kappa shape index (κ1) is 13.1. The summed E-state index contributed by atoms with van der Waals surface area (Å²) in [6.07, 6.45) is 0.0897. The molecule has 0 bridgehead atoms. The van der Waals surface area contributed by atoms with Crippen LogP contribution in [0.15, 0.2) is 18.2 Å². The normalized spacial score (nSPS) is 10.8. The van der Waals surface area contributed by atoms with Crippen LogP contribution in [0.3, 0.4) is 0 Å². The van der Waals surface area contributed by atoms with E-state index in [4.69, 9.17) is 11.0 Å². The van der Waals surface area contributed by atoms with Crippen molar-refractivity contribution in [1.29, 1.82) is 5.26 Å². The van der Waals surface area contributed by atoms with Gasteiger partial charge in [-0.15, -0.1) is 0 Å². The Labute approximate surface area is 99.2 Å². The molecule has 3 N–H and O–H groups in total. The van der Waals surface area contributed by atoms with Gasteiger partial charge in [-0.25, -0.2) is 4.39 Å². The molecule has 90 valence electrons. The molecule has 1 amide bonds. The smallest absolute Gasteiger partial charge is 0.226 e. The molecular formula is C12H14FN3O. The lowest BCUT2D eigenvalue weighted by Crippen LogP contribution is -2.36. The van der Waals surface area contributed by atoms with Crippen molar-refractivity contribution < 1.29 is 9.18 Å². The van der Waals surface area contributed by atoms with Gasteiger partial charge in [0.05, 0.1) is 17.3 Å². The summed E-state index contributed by atoms with van der Waals surface area (Å²) in [4.78, 5) is 11.5.